The van der Waals surface area contributed by atoms with Gasteiger partial charge in [0.2, 0.25) is 0 Å². The van der Waals surface area contributed by atoms with Gasteiger partial charge in [-0.1, -0.05) is 18.2 Å². The van der Waals surface area contributed by atoms with Crippen molar-refractivity contribution in [2.24, 2.45) is 0 Å². The van der Waals surface area contributed by atoms with Gasteiger partial charge in [0.05, 0.1) is 0 Å². The third-order valence-electron chi connectivity index (χ3n) is 2.84. The Morgan fingerprint density at radius 1 is 1.17 bits per heavy atom. The van der Waals surface area contributed by atoms with Crippen LogP contribution in [0.3, 0.4) is 0 Å². The van der Waals surface area contributed by atoms with E-state index in [0.717, 1.165) is 22.6 Å². The van der Waals surface area contributed by atoms with Crippen molar-refractivity contribution in [1.29, 1.82) is 0 Å². The van der Waals surface area contributed by atoms with Crippen molar-refractivity contribution < 1.29 is 9.21 Å². The highest BCUT2D eigenvalue weighted by Crippen LogP contribution is 2.08. The van der Waals surface area contributed by atoms with E-state index in [1.807, 2.05) is 50.2 Å². The molecule has 1 aromatic carbocycles. The number of carbonyl (C=O) groups excluding carboxylic acids is 1. The van der Waals surface area contributed by atoms with E-state index in [-0.39, 0.29) is 5.91 Å². The molecular formula is C15H17NO2. The summed E-state index contributed by atoms with van der Waals surface area (Å²) in [5.74, 6) is 1.77. The van der Waals surface area contributed by atoms with Crippen LogP contribution in [-0.4, -0.2) is 12.5 Å². The summed E-state index contributed by atoms with van der Waals surface area (Å²) in [6, 6.07) is 11.4. The minimum absolute atomic E-state index is 0.0311. The first-order chi connectivity index (χ1) is 8.66. The van der Waals surface area contributed by atoms with Crippen molar-refractivity contribution in [3.63, 3.8) is 0 Å². The van der Waals surface area contributed by atoms with Gasteiger partial charge in [-0.2, -0.15) is 0 Å². The minimum atomic E-state index is -0.0311. The first-order valence-electron chi connectivity index (χ1n) is 6.06. The van der Waals surface area contributed by atoms with E-state index in [2.05, 4.69) is 5.32 Å². The van der Waals surface area contributed by atoms with Crippen LogP contribution in [0.1, 0.15) is 27.4 Å². The first-order valence-corrected chi connectivity index (χ1v) is 6.06. The molecule has 0 aliphatic carbocycles. The van der Waals surface area contributed by atoms with Crippen LogP contribution in [0.2, 0.25) is 0 Å². The van der Waals surface area contributed by atoms with Gasteiger partial charge in [0.1, 0.15) is 11.5 Å². The van der Waals surface area contributed by atoms with Crippen molar-refractivity contribution in [2.75, 3.05) is 6.54 Å². The number of carbonyl (C=O) groups is 1. The fourth-order valence-electron chi connectivity index (χ4n) is 1.84. The van der Waals surface area contributed by atoms with E-state index >= 15 is 0 Å². The predicted octanol–water partition coefficient (Wildman–Crippen LogP) is 2.87. The smallest absolute Gasteiger partial charge is 0.251 e. The Labute approximate surface area is 107 Å². The summed E-state index contributed by atoms with van der Waals surface area (Å²) in [6.45, 7) is 4.43. The van der Waals surface area contributed by atoms with E-state index < -0.39 is 0 Å². The van der Waals surface area contributed by atoms with Crippen LogP contribution in [0.4, 0.5) is 0 Å². The molecule has 0 fully saturated rings. The van der Waals surface area contributed by atoms with E-state index in [0.29, 0.717) is 13.0 Å². The van der Waals surface area contributed by atoms with E-state index in [4.69, 9.17) is 4.42 Å². The number of benzene rings is 1. The lowest BCUT2D eigenvalue weighted by molar-refractivity contribution is 0.0953. The van der Waals surface area contributed by atoms with Crippen LogP contribution in [-0.2, 0) is 6.42 Å². The van der Waals surface area contributed by atoms with Crippen molar-refractivity contribution >= 4 is 5.91 Å². The molecule has 3 heteroatoms. The van der Waals surface area contributed by atoms with E-state index in [9.17, 15) is 4.79 Å². The lowest BCUT2D eigenvalue weighted by Gasteiger charge is -2.06. The molecule has 94 valence electrons. The van der Waals surface area contributed by atoms with Crippen LogP contribution in [0.25, 0.3) is 0 Å². The van der Waals surface area contributed by atoms with Crippen LogP contribution in [0, 0.1) is 13.8 Å². The molecule has 1 amide bonds. The highest BCUT2D eigenvalue weighted by atomic mass is 16.3. The van der Waals surface area contributed by atoms with Crippen LogP contribution in [0.5, 0.6) is 0 Å². The second-order valence-electron chi connectivity index (χ2n) is 4.33. The van der Waals surface area contributed by atoms with Crippen molar-refractivity contribution in [2.45, 2.75) is 20.3 Å². The molecule has 0 radical (unpaired) electrons. The number of furan rings is 1. The van der Waals surface area contributed by atoms with Gasteiger partial charge < -0.3 is 9.73 Å². The molecule has 0 bridgehead atoms. The van der Waals surface area contributed by atoms with E-state index in [1.54, 1.807) is 0 Å². The second kappa shape index (κ2) is 5.54. The molecule has 0 unspecified atom stereocenters. The topological polar surface area (TPSA) is 42.2 Å². The highest BCUT2D eigenvalue weighted by Gasteiger charge is 2.07. The molecule has 1 heterocycles. The summed E-state index contributed by atoms with van der Waals surface area (Å²) in [5, 5.41) is 2.90. The lowest BCUT2D eigenvalue weighted by atomic mass is 10.1. The number of hydrogen-bond donors (Lipinski definition) is 1. The zero-order chi connectivity index (χ0) is 13.0. The molecule has 0 atom stereocenters. The lowest BCUT2D eigenvalue weighted by Crippen LogP contribution is -2.26. The Balaban J connectivity index is 1.87. The fraction of sp³-hybridized carbons (Fsp3) is 0.267. The molecule has 0 saturated carbocycles. The zero-order valence-electron chi connectivity index (χ0n) is 10.7. The Hall–Kier alpha value is -2.03. The number of nitrogens with one attached hydrogen (secondary N) is 1. The summed E-state index contributed by atoms with van der Waals surface area (Å²) in [6.07, 6.45) is 0.714. The SMILES string of the molecule is Cc1ccc(CCNC(=O)c2ccccc2C)o1. The van der Waals surface area contributed by atoms with Gasteiger partial charge in [0, 0.05) is 18.5 Å². The Morgan fingerprint density at radius 2 is 1.94 bits per heavy atom. The number of aryl methyl sites for hydroxylation is 2. The third-order valence-corrected chi connectivity index (χ3v) is 2.84. The summed E-state index contributed by atoms with van der Waals surface area (Å²) < 4.78 is 5.44. The summed E-state index contributed by atoms with van der Waals surface area (Å²) >= 11 is 0. The van der Waals surface area contributed by atoms with Crippen LogP contribution >= 0.6 is 0 Å². The van der Waals surface area contributed by atoms with Crippen LogP contribution in [0.15, 0.2) is 40.8 Å². The molecule has 3 nitrogen and oxygen atoms in total. The average Bonchev–Trinajstić information content (AvgIpc) is 2.75. The van der Waals surface area contributed by atoms with E-state index in [1.165, 1.54) is 0 Å². The van der Waals surface area contributed by atoms with Crippen molar-refractivity contribution in [1.82, 2.24) is 5.32 Å². The maximum Gasteiger partial charge on any atom is 0.251 e. The van der Waals surface area contributed by atoms with Gasteiger partial charge in [0.15, 0.2) is 0 Å². The highest BCUT2D eigenvalue weighted by molar-refractivity contribution is 5.95. The maximum atomic E-state index is 11.9. The zero-order valence-corrected chi connectivity index (χ0v) is 10.7. The Bertz CT molecular complexity index is 543. The molecule has 2 rings (SSSR count). The fourth-order valence-corrected chi connectivity index (χ4v) is 1.84. The van der Waals surface area contributed by atoms with Gasteiger partial charge in [0.25, 0.3) is 5.91 Å². The monoisotopic (exact) mass is 243 g/mol. The van der Waals surface area contributed by atoms with Gasteiger partial charge >= 0.3 is 0 Å². The van der Waals surface area contributed by atoms with Gasteiger partial charge in [-0.25, -0.2) is 0 Å². The van der Waals surface area contributed by atoms with Crippen LogP contribution < -0.4 is 5.32 Å². The normalized spacial score (nSPS) is 10.3. The third kappa shape index (κ3) is 3.00. The molecule has 0 aliphatic rings. The quantitative estimate of drug-likeness (QED) is 0.897. The summed E-state index contributed by atoms with van der Waals surface area (Å²) in [5.41, 5.74) is 1.72. The molecule has 0 aliphatic heterocycles. The molecular weight excluding hydrogens is 226 g/mol. The molecule has 2 aromatic rings. The molecule has 0 saturated heterocycles. The van der Waals surface area contributed by atoms with Gasteiger partial charge in [-0.05, 0) is 37.6 Å². The summed E-state index contributed by atoms with van der Waals surface area (Å²) in [7, 11) is 0. The van der Waals surface area contributed by atoms with Gasteiger partial charge in [-0.15, -0.1) is 0 Å². The Kier molecular flexibility index (Phi) is 3.82. The van der Waals surface area contributed by atoms with Gasteiger partial charge in [-0.3, -0.25) is 4.79 Å². The largest absolute Gasteiger partial charge is 0.466 e. The Morgan fingerprint density at radius 3 is 2.61 bits per heavy atom. The average molecular weight is 243 g/mol. The number of hydrogen-bond acceptors (Lipinski definition) is 2. The standard InChI is InChI=1S/C15H17NO2/c1-11-5-3-4-6-14(11)15(17)16-10-9-13-8-7-12(2)18-13/h3-8H,9-10H2,1-2H3,(H,16,17). The molecule has 1 N–H and O–H groups in total. The molecule has 0 spiro atoms. The minimum Gasteiger partial charge on any atom is -0.466 e. The molecule has 18 heavy (non-hydrogen) atoms. The molecule has 1 aromatic heterocycles. The van der Waals surface area contributed by atoms with Crippen molar-refractivity contribution in [3.8, 4) is 0 Å². The second-order valence-corrected chi connectivity index (χ2v) is 4.33. The number of rotatable bonds is 4. The summed E-state index contributed by atoms with van der Waals surface area (Å²) in [4.78, 5) is 11.9. The predicted molar refractivity (Wildman–Crippen MR) is 70.7 cm³/mol. The number of amides is 1. The van der Waals surface area contributed by atoms with Crippen molar-refractivity contribution in [3.05, 3.63) is 59.0 Å². The first kappa shape index (κ1) is 12.4. The maximum absolute atomic E-state index is 11.9.